The van der Waals surface area contributed by atoms with Crippen LogP contribution in [0.3, 0.4) is 0 Å². The number of carbonyl (C=O) groups is 1. The van der Waals surface area contributed by atoms with E-state index in [1.54, 1.807) is 11.6 Å². The quantitative estimate of drug-likeness (QED) is 0.803. The first kappa shape index (κ1) is 11.8. The predicted molar refractivity (Wildman–Crippen MR) is 57.7 cm³/mol. The number of hydrogen-bond donors (Lipinski definition) is 1. The summed E-state index contributed by atoms with van der Waals surface area (Å²) in [5, 5.41) is 13.1. The van der Waals surface area contributed by atoms with Crippen molar-refractivity contribution >= 4 is 5.97 Å². The highest BCUT2D eigenvalue weighted by Gasteiger charge is 2.16. The largest absolute Gasteiger partial charge is 0.481 e. The van der Waals surface area contributed by atoms with E-state index in [9.17, 15) is 4.79 Å². The number of nitrogens with zero attached hydrogens (tertiary/aromatic N) is 2. The zero-order valence-electron chi connectivity index (χ0n) is 9.53. The Morgan fingerprint density at radius 1 is 1.67 bits per heavy atom. The number of rotatable bonds is 5. The second-order valence-electron chi connectivity index (χ2n) is 3.97. The molecule has 0 saturated heterocycles. The third-order valence-corrected chi connectivity index (χ3v) is 2.43. The predicted octanol–water partition coefficient (Wildman–Crippen LogP) is 1.64. The minimum Gasteiger partial charge on any atom is -0.481 e. The Hall–Kier alpha value is -1.32. The van der Waals surface area contributed by atoms with Crippen LogP contribution in [-0.2, 0) is 24.7 Å². The monoisotopic (exact) mass is 210 g/mol. The normalized spacial score (nSPS) is 12.7. The second kappa shape index (κ2) is 4.96. The minimum absolute atomic E-state index is 0.365. The number of hydrogen-bond acceptors (Lipinski definition) is 2. The molecule has 0 aliphatic heterocycles. The molecule has 0 radical (unpaired) electrons. The van der Waals surface area contributed by atoms with E-state index < -0.39 is 5.97 Å². The molecule has 0 aliphatic carbocycles. The van der Waals surface area contributed by atoms with Gasteiger partial charge in [-0.2, -0.15) is 5.10 Å². The maximum absolute atomic E-state index is 10.7. The lowest BCUT2D eigenvalue weighted by Gasteiger charge is -2.04. The Kier molecular flexibility index (Phi) is 3.88. The number of carboxylic acids is 1. The van der Waals surface area contributed by atoms with Crippen LogP contribution in [0.2, 0.25) is 0 Å². The minimum atomic E-state index is -0.761. The summed E-state index contributed by atoms with van der Waals surface area (Å²) in [7, 11) is 1.87. The summed E-state index contributed by atoms with van der Waals surface area (Å²) in [6, 6.07) is 0. The molecule has 1 atom stereocenters. The Morgan fingerprint density at radius 3 is 2.87 bits per heavy atom. The Morgan fingerprint density at radius 2 is 2.33 bits per heavy atom. The second-order valence-corrected chi connectivity index (χ2v) is 3.97. The lowest BCUT2D eigenvalue weighted by Crippen LogP contribution is -2.13. The molecule has 0 aromatic carbocycles. The van der Waals surface area contributed by atoms with E-state index in [1.165, 1.54) is 5.56 Å². The van der Waals surface area contributed by atoms with Crippen molar-refractivity contribution < 1.29 is 9.90 Å². The van der Waals surface area contributed by atoms with Crippen LogP contribution < -0.4 is 0 Å². The number of aliphatic carboxylic acids is 1. The van der Waals surface area contributed by atoms with Crippen LogP contribution in [0.25, 0.3) is 0 Å². The van der Waals surface area contributed by atoms with Gasteiger partial charge in [-0.1, -0.05) is 20.3 Å². The number of aromatic nitrogens is 2. The van der Waals surface area contributed by atoms with Crippen LogP contribution in [-0.4, -0.2) is 20.9 Å². The van der Waals surface area contributed by atoms with E-state index in [2.05, 4.69) is 12.0 Å². The summed E-state index contributed by atoms with van der Waals surface area (Å²) in [6.45, 7) is 3.82. The smallest absolute Gasteiger partial charge is 0.306 e. The molecule has 0 saturated carbocycles. The summed E-state index contributed by atoms with van der Waals surface area (Å²) in [4.78, 5) is 10.7. The maximum Gasteiger partial charge on any atom is 0.306 e. The summed E-state index contributed by atoms with van der Waals surface area (Å²) < 4.78 is 1.76. The van der Waals surface area contributed by atoms with Crippen LogP contribution in [0.5, 0.6) is 0 Å². The van der Waals surface area contributed by atoms with Crippen molar-refractivity contribution in [1.82, 2.24) is 9.78 Å². The molecule has 1 aromatic rings. The average molecular weight is 210 g/mol. The zero-order valence-corrected chi connectivity index (χ0v) is 9.53. The Balaban J connectivity index is 2.78. The van der Waals surface area contributed by atoms with Gasteiger partial charge in [0.25, 0.3) is 0 Å². The Bertz CT molecular complexity index is 344. The van der Waals surface area contributed by atoms with Crippen LogP contribution in [0.1, 0.15) is 31.5 Å². The van der Waals surface area contributed by atoms with E-state index in [1.807, 2.05) is 13.2 Å². The molecule has 1 N–H and O–H groups in total. The fourth-order valence-electron chi connectivity index (χ4n) is 1.61. The Labute approximate surface area is 89.9 Å². The molecule has 0 bridgehead atoms. The van der Waals surface area contributed by atoms with Gasteiger partial charge in [-0.3, -0.25) is 9.48 Å². The molecule has 1 aromatic heterocycles. The lowest BCUT2D eigenvalue weighted by atomic mass is 10.0. The van der Waals surface area contributed by atoms with Gasteiger partial charge in [0, 0.05) is 19.7 Å². The molecule has 0 aliphatic rings. The molecule has 0 fully saturated rings. The summed E-state index contributed by atoms with van der Waals surface area (Å²) in [6.07, 6.45) is 4.52. The molecule has 1 heterocycles. The SMILES string of the molecule is CCCc1cn(C)nc1CC(C)C(=O)O. The molecule has 15 heavy (non-hydrogen) atoms. The van der Waals surface area contributed by atoms with Crippen molar-refractivity contribution in [3.63, 3.8) is 0 Å². The molecule has 4 nitrogen and oxygen atoms in total. The van der Waals surface area contributed by atoms with E-state index >= 15 is 0 Å². The molecule has 0 spiro atoms. The van der Waals surface area contributed by atoms with Gasteiger partial charge in [0.15, 0.2) is 0 Å². The van der Waals surface area contributed by atoms with Crippen LogP contribution in [0.15, 0.2) is 6.20 Å². The van der Waals surface area contributed by atoms with Crippen LogP contribution in [0, 0.1) is 5.92 Å². The average Bonchev–Trinajstić information content (AvgIpc) is 2.47. The molecule has 1 rings (SSSR count). The first-order chi connectivity index (χ1) is 7.04. The molecule has 84 valence electrons. The van der Waals surface area contributed by atoms with Gasteiger partial charge in [-0.05, 0) is 12.0 Å². The topological polar surface area (TPSA) is 55.1 Å². The van der Waals surface area contributed by atoms with Crippen molar-refractivity contribution in [2.24, 2.45) is 13.0 Å². The van der Waals surface area contributed by atoms with Crippen molar-refractivity contribution in [3.05, 3.63) is 17.5 Å². The summed E-state index contributed by atoms with van der Waals surface area (Å²) in [5.41, 5.74) is 2.10. The van der Waals surface area contributed by atoms with E-state index in [0.29, 0.717) is 6.42 Å². The van der Waals surface area contributed by atoms with Gasteiger partial charge >= 0.3 is 5.97 Å². The molecule has 0 amide bonds. The van der Waals surface area contributed by atoms with Crippen molar-refractivity contribution in [2.75, 3.05) is 0 Å². The summed E-state index contributed by atoms with van der Waals surface area (Å²) >= 11 is 0. The highest BCUT2D eigenvalue weighted by atomic mass is 16.4. The maximum atomic E-state index is 10.7. The van der Waals surface area contributed by atoms with Crippen molar-refractivity contribution in [1.29, 1.82) is 0 Å². The van der Waals surface area contributed by atoms with E-state index in [-0.39, 0.29) is 5.92 Å². The fourth-order valence-corrected chi connectivity index (χ4v) is 1.61. The van der Waals surface area contributed by atoms with Gasteiger partial charge in [0.2, 0.25) is 0 Å². The number of carboxylic acid groups (broad SMARTS) is 1. The molecule has 4 heteroatoms. The standard InChI is InChI=1S/C11H18N2O2/c1-4-5-9-7-13(3)12-10(9)6-8(2)11(14)15/h7-8H,4-6H2,1-3H3,(H,14,15). The van der Waals surface area contributed by atoms with E-state index in [4.69, 9.17) is 5.11 Å². The number of aryl methyl sites for hydroxylation is 2. The van der Waals surface area contributed by atoms with Crippen LogP contribution >= 0.6 is 0 Å². The fraction of sp³-hybridized carbons (Fsp3) is 0.636. The lowest BCUT2D eigenvalue weighted by molar-refractivity contribution is -0.141. The van der Waals surface area contributed by atoms with E-state index in [0.717, 1.165) is 18.5 Å². The van der Waals surface area contributed by atoms with Crippen molar-refractivity contribution in [3.8, 4) is 0 Å². The van der Waals surface area contributed by atoms with Gasteiger partial charge in [-0.25, -0.2) is 0 Å². The van der Waals surface area contributed by atoms with Crippen molar-refractivity contribution in [2.45, 2.75) is 33.1 Å². The van der Waals surface area contributed by atoms with Gasteiger partial charge in [0.1, 0.15) is 0 Å². The van der Waals surface area contributed by atoms with Crippen LogP contribution in [0.4, 0.5) is 0 Å². The third-order valence-electron chi connectivity index (χ3n) is 2.43. The summed E-state index contributed by atoms with van der Waals surface area (Å²) in [5.74, 6) is -1.13. The third kappa shape index (κ3) is 3.08. The zero-order chi connectivity index (χ0) is 11.4. The van der Waals surface area contributed by atoms with Gasteiger partial charge < -0.3 is 5.11 Å². The molecular weight excluding hydrogens is 192 g/mol. The molecule has 1 unspecified atom stereocenters. The first-order valence-electron chi connectivity index (χ1n) is 5.28. The van der Waals surface area contributed by atoms with Gasteiger partial charge in [-0.15, -0.1) is 0 Å². The highest BCUT2D eigenvalue weighted by molar-refractivity contribution is 5.69. The van der Waals surface area contributed by atoms with Gasteiger partial charge in [0.05, 0.1) is 11.6 Å². The molecular formula is C11H18N2O2. The first-order valence-corrected chi connectivity index (χ1v) is 5.28. The highest BCUT2D eigenvalue weighted by Crippen LogP contribution is 2.14.